The van der Waals surface area contributed by atoms with Crippen molar-refractivity contribution in [1.29, 1.82) is 0 Å². The van der Waals surface area contributed by atoms with Gasteiger partial charge in [0.1, 0.15) is 35.7 Å². The van der Waals surface area contributed by atoms with Crippen molar-refractivity contribution >= 4 is 23.9 Å². The maximum absolute atomic E-state index is 15.1. The number of phenols is 4. The first-order chi connectivity index (χ1) is 36.0. The van der Waals surface area contributed by atoms with Crippen LogP contribution < -0.4 is 0 Å². The highest BCUT2D eigenvalue weighted by Crippen LogP contribution is 2.45. The molecule has 4 aromatic rings. The van der Waals surface area contributed by atoms with Gasteiger partial charge in [0, 0.05) is 44.5 Å². The molecule has 14 nitrogen and oxygen atoms in total. The maximum atomic E-state index is 15.1. The predicted molar refractivity (Wildman–Crippen MR) is 311 cm³/mol. The number of aliphatic hydroxyl groups excluding tert-OH is 1. The average Bonchev–Trinajstić information content (AvgIpc) is 3.27. The van der Waals surface area contributed by atoms with Crippen molar-refractivity contribution in [3.05, 3.63) is 115 Å². The van der Waals surface area contributed by atoms with Crippen LogP contribution in [0.1, 0.15) is 252 Å². The van der Waals surface area contributed by atoms with E-state index in [2.05, 4.69) is 0 Å². The van der Waals surface area contributed by atoms with Crippen molar-refractivity contribution in [2.24, 2.45) is 0 Å². The fourth-order valence-corrected chi connectivity index (χ4v) is 9.83. The monoisotopic (exact) mass is 1110 g/mol. The Morgan fingerprint density at radius 1 is 0.350 bits per heavy atom. The number of hydrogen-bond donors (Lipinski definition) is 5. The molecule has 1 aliphatic rings. The van der Waals surface area contributed by atoms with Crippen LogP contribution in [0.4, 0.5) is 0 Å². The Morgan fingerprint density at radius 3 is 0.775 bits per heavy atom. The van der Waals surface area contributed by atoms with E-state index in [1.54, 1.807) is 12.1 Å². The minimum absolute atomic E-state index is 0.00747. The number of benzene rings is 4. The van der Waals surface area contributed by atoms with Crippen LogP contribution in [0.3, 0.4) is 0 Å². The molecule has 1 unspecified atom stereocenters. The first-order valence-corrected chi connectivity index (χ1v) is 27.6. The number of ether oxygens (including phenoxy) is 5. The summed E-state index contributed by atoms with van der Waals surface area (Å²) in [4.78, 5) is 59.5. The SMILES string of the molecule is CC(C)(C)c1cc(C(=O)OC[C@H]2OC(O)[C@H](OC(=O)c3cc(C(C)(C)C)c(O)c(C(C)(C)C)c3)[C@@H](OC(=O)c3cc(C(C)(C)C)c(O)c(C(C)(C)C)c3)[C@@H]2OC(=O)c2cc(C(C)(C)C)c(O)c(C(C)(C)C)c2)cc(C(C)(C)C)c1O. The molecule has 14 heteroatoms. The molecular weight excluding hydrogens is 1020 g/mol. The lowest BCUT2D eigenvalue weighted by molar-refractivity contribution is -0.284. The first-order valence-electron chi connectivity index (χ1n) is 27.6. The molecular formula is C66H92O14. The first kappa shape index (κ1) is 64.7. The number of esters is 4. The normalized spacial score (nSPS) is 18.8. The zero-order valence-corrected chi connectivity index (χ0v) is 52.1. The van der Waals surface area contributed by atoms with Gasteiger partial charge in [0.15, 0.2) is 24.6 Å². The predicted octanol–water partition coefficient (Wildman–Crippen LogP) is 13.4. The highest BCUT2D eigenvalue weighted by Gasteiger charge is 2.53. The van der Waals surface area contributed by atoms with E-state index in [4.69, 9.17) is 23.7 Å². The van der Waals surface area contributed by atoms with Gasteiger partial charge in [-0.25, -0.2) is 19.2 Å². The van der Waals surface area contributed by atoms with Crippen LogP contribution in [0, 0.1) is 0 Å². The van der Waals surface area contributed by atoms with Gasteiger partial charge in [0.25, 0.3) is 0 Å². The molecule has 0 radical (unpaired) electrons. The summed E-state index contributed by atoms with van der Waals surface area (Å²) < 4.78 is 31.4. The Labute approximate surface area is 475 Å². The summed E-state index contributed by atoms with van der Waals surface area (Å²) in [5.41, 5.74) is -1.76. The van der Waals surface area contributed by atoms with Gasteiger partial charge in [-0.05, 0) is 91.9 Å². The minimum atomic E-state index is -2.13. The largest absolute Gasteiger partial charge is 0.507 e. The Bertz CT molecular complexity index is 2870. The van der Waals surface area contributed by atoms with Crippen molar-refractivity contribution < 1.29 is 68.4 Å². The second kappa shape index (κ2) is 22.0. The lowest BCUT2D eigenvalue weighted by atomic mass is 9.78. The molecule has 1 fully saturated rings. The van der Waals surface area contributed by atoms with E-state index >= 15 is 9.59 Å². The Kier molecular flexibility index (Phi) is 17.8. The van der Waals surface area contributed by atoms with Crippen molar-refractivity contribution in [3.8, 4) is 23.0 Å². The number of phenolic OH excluding ortho intramolecular Hbond substituents is 4. The quantitative estimate of drug-likeness (QED) is 0.0779. The lowest BCUT2D eigenvalue weighted by Gasteiger charge is -2.43. The van der Waals surface area contributed by atoms with E-state index in [-0.39, 0.29) is 45.3 Å². The van der Waals surface area contributed by atoms with Crippen LogP contribution in [0.2, 0.25) is 0 Å². The van der Waals surface area contributed by atoms with Crippen LogP contribution in [0.15, 0.2) is 48.5 Å². The summed E-state index contributed by atoms with van der Waals surface area (Å²) in [6.07, 6.45) is -9.44. The second-order valence-electron chi connectivity index (χ2n) is 30.0. The number of carbonyl (C=O) groups is 4. The standard InChI is InChI=1S/C66H92O14/c1-59(2,3)38-25-34(26-39(47(38)67)60(4,5)6)54(71)76-33-46-51(78-55(72)35-27-40(61(7,8)9)48(68)41(28-35)62(10,11)12)52(79-56(73)36-29-42(63(13,14)15)49(69)43(30-36)64(16,17)18)53(58(75)77-46)80-57(74)37-31-44(65(19,20)21)50(70)45(32-37)66(22,23)24/h25-32,46,51-53,58,67-70,75H,33H2,1-24H3/t46-,51-,52+,53-,58?/m1/s1. The van der Waals surface area contributed by atoms with Gasteiger partial charge in [-0.1, -0.05) is 166 Å². The maximum Gasteiger partial charge on any atom is 0.338 e. The highest BCUT2D eigenvalue weighted by molar-refractivity contribution is 5.93. The zero-order valence-electron chi connectivity index (χ0n) is 52.1. The van der Waals surface area contributed by atoms with Crippen LogP contribution >= 0.6 is 0 Å². The van der Waals surface area contributed by atoms with Crippen molar-refractivity contribution in [2.45, 2.75) is 240 Å². The molecule has 1 saturated heterocycles. The van der Waals surface area contributed by atoms with Crippen LogP contribution in [0.25, 0.3) is 0 Å². The van der Waals surface area contributed by atoms with E-state index in [9.17, 15) is 35.1 Å². The van der Waals surface area contributed by atoms with Gasteiger partial charge in [-0.3, -0.25) is 0 Å². The number of aromatic hydroxyl groups is 4. The van der Waals surface area contributed by atoms with Crippen molar-refractivity contribution in [2.75, 3.05) is 6.61 Å². The van der Waals surface area contributed by atoms with Crippen LogP contribution in [0.5, 0.6) is 23.0 Å². The van der Waals surface area contributed by atoms with Gasteiger partial charge in [0.2, 0.25) is 0 Å². The fraction of sp³-hybridized carbons (Fsp3) is 0.576. The van der Waals surface area contributed by atoms with Crippen LogP contribution in [-0.2, 0) is 67.0 Å². The summed E-state index contributed by atoms with van der Waals surface area (Å²) in [6.45, 7) is 44.4. The summed E-state index contributed by atoms with van der Waals surface area (Å²) in [5, 5.41) is 58.7. The highest BCUT2D eigenvalue weighted by atomic mass is 16.7. The van der Waals surface area contributed by atoms with E-state index in [0.717, 1.165) is 0 Å². The molecule has 80 heavy (non-hydrogen) atoms. The van der Waals surface area contributed by atoms with Gasteiger partial charge in [-0.15, -0.1) is 0 Å². The Hall–Kier alpha value is -6.12. The van der Waals surface area contributed by atoms with E-state index in [1.165, 1.54) is 36.4 Å². The lowest BCUT2D eigenvalue weighted by Crippen LogP contribution is -2.62. The third-order valence-corrected chi connectivity index (χ3v) is 14.6. The zero-order chi connectivity index (χ0) is 61.3. The Morgan fingerprint density at radius 2 is 0.550 bits per heavy atom. The number of rotatable bonds is 9. The molecule has 1 aliphatic heterocycles. The molecule has 5 atom stereocenters. The summed E-state index contributed by atoms with van der Waals surface area (Å²) >= 11 is 0. The number of aliphatic hydroxyl groups is 1. The molecule has 0 saturated carbocycles. The van der Waals surface area contributed by atoms with Crippen molar-refractivity contribution in [1.82, 2.24) is 0 Å². The van der Waals surface area contributed by atoms with Gasteiger partial charge >= 0.3 is 23.9 Å². The van der Waals surface area contributed by atoms with Crippen LogP contribution in [-0.4, -0.2) is 86.7 Å². The third-order valence-electron chi connectivity index (χ3n) is 14.6. The molecule has 1 heterocycles. The smallest absolute Gasteiger partial charge is 0.338 e. The molecule has 4 aromatic carbocycles. The van der Waals surface area contributed by atoms with Crippen molar-refractivity contribution in [3.63, 3.8) is 0 Å². The average molecular weight is 1110 g/mol. The van der Waals surface area contributed by atoms with Gasteiger partial charge in [0.05, 0.1) is 22.3 Å². The minimum Gasteiger partial charge on any atom is -0.507 e. The fourth-order valence-electron chi connectivity index (χ4n) is 9.83. The molecule has 0 amide bonds. The molecule has 0 aliphatic carbocycles. The van der Waals surface area contributed by atoms with Gasteiger partial charge in [-0.2, -0.15) is 0 Å². The number of hydrogen-bond acceptors (Lipinski definition) is 14. The molecule has 0 bridgehead atoms. The third kappa shape index (κ3) is 14.3. The topological polar surface area (TPSA) is 216 Å². The second-order valence-corrected chi connectivity index (χ2v) is 30.0. The van der Waals surface area contributed by atoms with E-state index in [0.29, 0.717) is 44.5 Å². The Balaban J connectivity index is 1.79. The number of carbonyl (C=O) groups excluding carboxylic acids is 4. The molecule has 440 valence electrons. The molecule has 5 rings (SSSR count). The molecule has 0 spiro atoms. The summed E-state index contributed by atoms with van der Waals surface area (Å²) in [5.74, 6) is -3.89. The summed E-state index contributed by atoms with van der Waals surface area (Å²) in [7, 11) is 0. The van der Waals surface area contributed by atoms with E-state index < -0.39 is 105 Å². The summed E-state index contributed by atoms with van der Waals surface area (Å²) in [6, 6.07) is 12.1. The molecule has 0 aromatic heterocycles. The van der Waals surface area contributed by atoms with Gasteiger partial charge < -0.3 is 49.2 Å². The molecule has 5 N–H and O–H groups in total. The van der Waals surface area contributed by atoms with E-state index in [1.807, 2.05) is 166 Å².